The van der Waals surface area contributed by atoms with E-state index >= 15 is 0 Å². The number of hydrogen-bond donors (Lipinski definition) is 10. The van der Waals surface area contributed by atoms with Gasteiger partial charge in [0.25, 0.3) is 5.91 Å². The number of aliphatic carboxylic acids is 1. The van der Waals surface area contributed by atoms with Gasteiger partial charge in [-0.15, -0.1) is 0 Å². The lowest BCUT2D eigenvalue weighted by Crippen LogP contribution is -2.61. The number of nitrogens with zero attached hydrogens (tertiary/aromatic N) is 1. The Morgan fingerprint density at radius 2 is 1.33 bits per heavy atom. The number of carboxylic acid groups (broad SMARTS) is 1. The van der Waals surface area contributed by atoms with Gasteiger partial charge >= 0.3 is 5.97 Å². The van der Waals surface area contributed by atoms with Crippen LogP contribution < -0.4 is 27.0 Å². The highest BCUT2D eigenvalue weighted by Gasteiger charge is 2.47. The first kappa shape index (κ1) is 51.0. The second-order valence-electron chi connectivity index (χ2n) is 16.9. The lowest BCUT2D eigenvalue weighted by Gasteiger charge is -2.38. The number of benzene rings is 3. The molecule has 0 aliphatic carbocycles. The maximum Gasteiger partial charge on any atom is 0.326 e. The number of phenolic OH excluding ortho intramolecular Hbond substituents is 1. The number of hydrogen-bond acceptors (Lipinski definition) is 13. The molecule has 2 aliphatic rings. The van der Waals surface area contributed by atoms with Crippen molar-refractivity contribution in [3.05, 3.63) is 101 Å². The van der Waals surface area contributed by atoms with Crippen molar-refractivity contribution in [3.63, 3.8) is 0 Å². The predicted octanol–water partition coefficient (Wildman–Crippen LogP) is -0.365. The molecule has 0 saturated carbocycles. The van der Waals surface area contributed by atoms with Crippen LogP contribution in [0.15, 0.2) is 72.8 Å². The van der Waals surface area contributed by atoms with Crippen LogP contribution in [0.25, 0.3) is 0 Å². The highest BCUT2D eigenvalue weighted by molar-refractivity contribution is 5.96. The third kappa shape index (κ3) is 13.6. The lowest BCUT2D eigenvalue weighted by molar-refractivity contribution is -0.283. The number of nitrogens with two attached hydrogens (primary N) is 1. The van der Waals surface area contributed by atoms with Gasteiger partial charge in [0.15, 0.2) is 12.4 Å². The van der Waals surface area contributed by atoms with E-state index < -0.39 is 96.4 Å². The first-order valence-electron chi connectivity index (χ1n) is 22.1. The Balaban J connectivity index is 1.25. The van der Waals surface area contributed by atoms with Gasteiger partial charge < -0.3 is 66.9 Å². The van der Waals surface area contributed by atoms with Crippen LogP contribution >= 0.6 is 0 Å². The van der Waals surface area contributed by atoms with Crippen LogP contribution in [-0.4, -0.2) is 147 Å². The number of likely N-dealkylation sites (tertiary alicyclic amines) is 1. The van der Waals surface area contributed by atoms with Gasteiger partial charge in [-0.3, -0.25) is 24.0 Å². The molecule has 3 aromatic rings. The van der Waals surface area contributed by atoms with Crippen molar-refractivity contribution >= 4 is 35.5 Å². The number of nitrogens with one attached hydrogen (secondary N) is 4. The number of amides is 5. The van der Waals surface area contributed by atoms with E-state index in [4.69, 9.17) is 15.2 Å². The van der Waals surface area contributed by atoms with Gasteiger partial charge in [-0.05, 0) is 92.3 Å². The Kier molecular flexibility index (Phi) is 18.6. The second kappa shape index (κ2) is 24.0. The molecule has 5 amide bonds. The molecule has 0 radical (unpaired) electrons. The maximum absolute atomic E-state index is 14.3. The minimum atomic E-state index is -1.73. The molecule has 0 bridgehead atoms. The molecule has 10 atom stereocenters. The summed E-state index contributed by atoms with van der Waals surface area (Å²) in [6.45, 7) is 3.93. The summed E-state index contributed by atoms with van der Waals surface area (Å²) in [5.74, 6) is -4.55. The van der Waals surface area contributed by atoms with E-state index in [-0.39, 0.29) is 57.4 Å². The number of ether oxygens (including phenoxy) is 2. The van der Waals surface area contributed by atoms with Gasteiger partial charge in [0.2, 0.25) is 23.6 Å². The monoisotopic (exact) mass is 918 g/mol. The summed E-state index contributed by atoms with van der Waals surface area (Å²) >= 11 is 0. The number of aromatic hydroxyl groups is 1. The number of rotatable bonds is 21. The Morgan fingerprint density at radius 1 is 0.773 bits per heavy atom. The van der Waals surface area contributed by atoms with E-state index in [2.05, 4.69) is 21.3 Å². The molecule has 0 unspecified atom stereocenters. The summed E-state index contributed by atoms with van der Waals surface area (Å²) in [6.07, 6.45) is -6.51. The molecule has 11 N–H and O–H groups in total. The highest BCUT2D eigenvalue weighted by atomic mass is 16.7. The molecule has 19 heteroatoms. The smallest absolute Gasteiger partial charge is 0.326 e. The standard InChI is InChI=1S/C47H62N6O13/c1-26-21-30(54)22-27(2)31(26)25-32(48)45(62)53-20-12-18-36(53)43(60)52-35(24-29-15-8-5-9-16-29)42(59)51-34(23-28-13-6-4-7-14-28)41(58)50-33(46(63)64)17-10-11-19-49-44(61)40-38(56)37(55)39(57)47(65-3)66-40/h4-9,13-16,21-22,32-40,47,54-57H,10-12,17-20,23-25,48H2,1-3H3,(H,49,61)(H,50,58)(H,51,59)(H,52,60)(H,63,64)/t32-,33-,34-,35-,36-,37-,38-,39+,40-,47+/m0/s1. The average molecular weight is 919 g/mol. The summed E-state index contributed by atoms with van der Waals surface area (Å²) in [6, 6.07) is 15.0. The van der Waals surface area contributed by atoms with Crippen LogP contribution in [0.1, 0.15) is 59.9 Å². The third-order valence-electron chi connectivity index (χ3n) is 12.0. The number of aryl methyl sites for hydroxylation is 2. The van der Waals surface area contributed by atoms with Crippen LogP contribution in [0.2, 0.25) is 0 Å². The topological polar surface area (TPSA) is 299 Å². The molecule has 358 valence electrons. The van der Waals surface area contributed by atoms with Crippen LogP contribution in [0.3, 0.4) is 0 Å². The number of unbranched alkanes of at least 4 members (excludes halogenated alkanes) is 1. The molecule has 5 rings (SSSR count). The van der Waals surface area contributed by atoms with Crippen molar-refractivity contribution in [2.24, 2.45) is 5.73 Å². The SMILES string of the molecule is CO[C@@H]1O[C@H](C(=O)NCCCC[C@H](NC(=O)[C@H](Cc2ccccc2)NC(=O)[C@H](Cc2ccccc2)NC(=O)[C@@H]2CCCN2C(=O)[C@@H](N)Cc2c(C)cc(O)cc2C)C(=O)O)[C@@H](O)[C@H](O)[C@H]1O. The van der Waals surface area contributed by atoms with Crippen LogP contribution in [0.4, 0.5) is 0 Å². The minimum Gasteiger partial charge on any atom is -0.508 e. The van der Waals surface area contributed by atoms with Crippen molar-refractivity contribution < 1.29 is 63.8 Å². The number of carbonyl (C=O) groups is 6. The fraction of sp³-hybridized carbons (Fsp3) is 0.489. The van der Waals surface area contributed by atoms with Crippen molar-refractivity contribution in [1.29, 1.82) is 0 Å². The summed E-state index contributed by atoms with van der Waals surface area (Å²) in [5.41, 5.74) is 10.2. The molecule has 0 spiro atoms. The van der Waals surface area contributed by atoms with Crippen molar-refractivity contribution in [2.45, 2.75) is 126 Å². The highest BCUT2D eigenvalue weighted by Crippen LogP contribution is 2.25. The summed E-state index contributed by atoms with van der Waals surface area (Å²) < 4.78 is 10.2. The molecule has 2 fully saturated rings. The Labute approximate surface area is 383 Å². The summed E-state index contributed by atoms with van der Waals surface area (Å²) in [5, 5.41) is 61.1. The molecule has 2 heterocycles. The first-order valence-corrected chi connectivity index (χ1v) is 22.1. The normalized spacial score (nSPS) is 22.3. The molecule has 2 saturated heterocycles. The van der Waals surface area contributed by atoms with E-state index in [1.54, 1.807) is 72.8 Å². The Bertz CT molecular complexity index is 2120. The van der Waals surface area contributed by atoms with Crippen molar-refractivity contribution in [2.75, 3.05) is 20.2 Å². The minimum absolute atomic E-state index is 0.0159. The number of aliphatic hydroxyl groups is 3. The van der Waals surface area contributed by atoms with E-state index in [0.29, 0.717) is 24.0 Å². The number of carboxylic acids is 1. The fourth-order valence-electron chi connectivity index (χ4n) is 8.35. The molecule has 3 aromatic carbocycles. The van der Waals surface area contributed by atoms with Crippen molar-refractivity contribution in [3.8, 4) is 5.75 Å². The van der Waals surface area contributed by atoms with Crippen molar-refractivity contribution in [1.82, 2.24) is 26.2 Å². The van der Waals surface area contributed by atoms with E-state index in [1.807, 2.05) is 13.8 Å². The quantitative estimate of drug-likeness (QED) is 0.0611. The molecule has 66 heavy (non-hydrogen) atoms. The lowest BCUT2D eigenvalue weighted by atomic mass is 9.95. The molecule has 0 aromatic heterocycles. The van der Waals surface area contributed by atoms with E-state index in [0.717, 1.165) is 16.7 Å². The van der Waals surface area contributed by atoms with Gasteiger partial charge in [0, 0.05) is 33.0 Å². The zero-order valence-corrected chi connectivity index (χ0v) is 37.3. The van der Waals surface area contributed by atoms with E-state index in [1.165, 1.54) is 12.0 Å². The molecule has 2 aliphatic heterocycles. The summed E-state index contributed by atoms with van der Waals surface area (Å²) in [4.78, 5) is 82.7. The second-order valence-corrected chi connectivity index (χ2v) is 16.9. The molecule has 19 nitrogen and oxygen atoms in total. The Hall–Kier alpha value is -5.96. The van der Waals surface area contributed by atoms with Crippen LogP contribution in [0, 0.1) is 13.8 Å². The largest absolute Gasteiger partial charge is 0.508 e. The molecular weight excluding hydrogens is 857 g/mol. The van der Waals surface area contributed by atoms with Crippen LogP contribution in [0.5, 0.6) is 5.75 Å². The van der Waals surface area contributed by atoms with Gasteiger partial charge in [0.1, 0.15) is 48.2 Å². The number of aliphatic hydroxyl groups excluding tert-OH is 3. The maximum atomic E-state index is 14.3. The zero-order valence-electron chi connectivity index (χ0n) is 37.3. The van der Waals surface area contributed by atoms with Gasteiger partial charge in [-0.1, -0.05) is 60.7 Å². The summed E-state index contributed by atoms with van der Waals surface area (Å²) in [7, 11) is 1.20. The molecular formula is C47H62N6O13. The van der Waals surface area contributed by atoms with Gasteiger partial charge in [-0.25, -0.2) is 4.79 Å². The van der Waals surface area contributed by atoms with Gasteiger partial charge in [0.05, 0.1) is 6.04 Å². The first-order chi connectivity index (χ1) is 31.5. The van der Waals surface area contributed by atoms with E-state index in [9.17, 15) is 54.3 Å². The Morgan fingerprint density at radius 3 is 1.89 bits per heavy atom. The van der Waals surface area contributed by atoms with Crippen LogP contribution in [-0.2, 0) is 57.5 Å². The third-order valence-corrected chi connectivity index (χ3v) is 12.0. The number of carbonyl (C=O) groups excluding carboxylic acids is 5. The average Bonchev–Trinajstić information content (AvgIpc) is 3.79. The predicted molar refractivity (Wildman–Crippen MR) is 238 cm³/mol. The number of methoxy groups -OCH3 is 1. The van der Waals surface area contributed by atoms with Gasteiger partial charge in [-0.2, -0.15) is 0 Å². The fourth-order valence-corrected chi connectivity index (χ4v) is 8.35. The zero-order chi connectivity index (χ0) is 48.1. The number of phenols is 1.